The lowest BCUT2D eigenvalue weighted by Crippen LogP contribution is -2.29. The minimum absolute atomic E-state index is 0.0210. The highest BCUT2D eigenvalue weighted by molar-refractivity contribution is 5.36. The third kappa shape index (κ3) is 4.82. The number of rotatable bonds is 7. The van der Waals surface area contributed by atoms with Crippen molar-refractivity contribution in [1.82, 2.24) is 0 Å². The van der Waals surface area contributed by atoms with Gasteiger partial charge in [-0.15, -0.1) is 0 Å². The molecule has 1 aromatic rings. The summed E-state index contributed by atoms with van der Waals surface area (Å²) in [6.07, 6.45) is -0.377. The Bertz CT molecular complexity index is 393. The number of benzene rings is 1. The van der Waals surface area contributed by atoms with E-state index in [0.717, 1.165) is 16.9 Å². The molecule has 0 aliphatic heterocycles. The van der Waals surface area contributed by atoms with Crippen LogP contribution in [0.25, 0.3) is 0 Å². The average Bonchev–Trinajstić information content (AvgIpc) is 2.36. The van der Waals surface area contributed by atoms with Crippen molar-refractivity contribution in [2.24, 2.45) is 11.7 Å². The van der Waals surface area contributed by atoms with Crippen LogP contribution in [0, 0.1) is 12.8 Å². The maximum absolute atomic E-state index is 10.1. The van der Waals surface area contributed by atoms with Crippen LogP contribution in [-0.2, 0) is 0 Å². The summed E-state index contributed by atoms with van der Waals surface area (Å²) in [6, 6.07) is 5.14. The van der Waals surface area contributed by atoms with Gasteiger partial charge in [0.1, 0.15) is 5.75 Å². The molecule has 0 saturated heterocycles. The zero-order chi connectivity index (χ0) is 14.4. The predicted octanol–water partition coefficient (Wildman–Crippen LogP) is 1.77. The lowest BCUT2D eigenvalue weighted by molar-refractivity contribution is 0.128. The Morgan fingerprint density at radius 2 is 2.00 bits per heavy atom. The van der Waals surface area contributed by atoms with Gasteiger partial charge in [0.25, 0.3) is 0 Å². The van der Waals surface area contributed by atoms with Crippen molar-refractivity contribution in [3.63, 3.8) is 0 Å². The molecule has 2 unspecified atom stereocenters. The molecule has 0 spiro atoms. The standard InChI is InChI=1S/C15H25NO3/c1-10(2)9-19-12-4-5-13(11(3)8-12)15(18)14(16)6-7-17/h4-5,8,10,14-15,17-18H,6-7,9,16H2,1-3H3. The molecule has 0 aliphatic carbocycles. The fraction of sp³-hybridized carbons (Fsp3) is 0.600. The van der Waals surface area contributed by atoms with E-state index in [1.165, 1.54) is 0 Å². The molecule has 2 atom stereocenters. The Hall–Kier alpha value is -1.10. The van der Waals surface area contributed by atoms with Crippen molar-refractivity contribution in [3.8, 4) is 5.75 Å². The van der Waals surface area contributed by atoms with Gasteiger partial charge in [-0.2, -0.15) is 0 Å². The van der Waals surface area contributed by atoms with Crippen LogP contribution in [-0.4, -0.2) is 29.5 Å². The van der Waals surface area contributed by atoms with Crippen molar-refractivity contribution >= 4 is 0 Å². The van der Waals surface area contributed by atoms with Crippen LogP contribution in [0.3, 0.4) is 0 Å². The van der Waals surface area contributed by atoms with Crippen molar-refractivity contribution in [1.29, 1.82) is 0 Å². The fourth-order valence-electron chi connectivity index (χ4n) is 1.87. The van der Waals surface area contributed by atoms with E-state index in [-0.39, 0.29) is 6.61 Å². The molecule has 4 heteroatoms. The molecule has 19 heavy (non-hydrogen) atoms. The summed E-state index contributed by atoms with van der Waals surface area (Å²) in [4.78, 5) is 0. The number of nitrogens with two attached hydrogens (primary N) is 1. The summed E-state index contributed by atoms with van der Waals surface area (Å²) in [5.41, 5.74) is 7.56. The second-order valence-corrected chi connectivity index (χ2v) is 5.34. The Balaban J connectivity index is 2.76. The van der Waals surface area contributed by atoms with E-state index in [9.17, 15) is 5.11 Å². The topological polar surface area (TPSA) is 75.7 Å². The summed E-state index contributed by atoms with van der Waals surface area (Å²) in [7, 11) is 0. The van der Waals surface area contributed by atoms with E-state index in [0.29, 0.717) is 18.9 Å². The molecule has 4 N–H and O–H groups in total. The number of aryl methyl sites for hydroxylation is 1. The van der Waals surface area contributed by atoms with E-state index >= 15 is 0 Å². The van der Waals surface area contributed by atoms with Crippen molar-refractivity contribution in [3.05, 3.63) is 29.3 Å². The third-order valence-corrected chi connectivity index (χ3v) is 3.01. The number of hydrogen-bond acceptors (Lipinski definition) is 4. The number of hydrogen-bond donors (Lipinski definition) is 3. The molecule has 4 nitrogen and oxygen atoms in total. The quantitative estimate of drug-likeness (QED) is 0.704. The van der Waals surface area contributed by atoms with E-state index < -0.39 is 12.1 Å². The molecule has 0 heterocycles. The molecule has 0 radical (unpaired) electrons. The molecule has 1 aromatic carbocycles. The first kappa shape index (κ1) is 16.0. The van der Waals surface area contributed by atoms with Gasteiger partial charge in [0, 0.05) is 12.6 Å². The Kier molecular flexibility index (Phi) is 6.28. The monoisotopic (exact) mass is 267 g/mol. The third-order valence-electron chi connectivity index (χ3n) is 3.01. The highest BCUT2D eigenvalue weighted by Gasteiger charge is 2.18. The fourth-order valence-corrected chi connectivity index (χ4v) is 1.87. The van der Waals surface area contributed by atoms with Crippen LogP contribution in [0.5, 0.6) is 5.75 Å². The zero-order valence-corrected chi connectivity index (χ0v) is 12.0. The first-order valence-electron chi connectivity index (χ1n) is 6.73. The second-order valence-electron chi connectivity index (χ2n) is 5.34. The highest BCUT2D eigenvalue weighted by Crippen LogP contribution is 2.25. The van der Waals surface area contributed by atoms with Crippen LogP contribution in [0.15, 0.2) is 18.2 Å². The van der Waals surface area contributed by atoms with E-state index in [4.69, 9.17) is 15.6 Å². The molecule has 108 valence electrons. The molecule has 0 bridgehead atoms. The number of aliphatic hydroxyl groups is 2. The van der Waals surface area contributed by atoms with E-state index in [2.05, 4.69) is 13.8 Å². The second kappa shape index (κ2) is 7.48. The first-order chi connectivity index (χ1) is 8.95. The average molecular weight is 267 g/mol. The first-order valence-corrected chi connectivity index (χ1v) is 6.73. The van der Waals surface area contributed by atoms with Gasteiger partial charge in [-0.25, -0.2) is 0 Å². The molecule has 0 amide bonds. The van der Waals surface area contributed by atoms with Crippen LogP contribution in [0.2, 0.25) is 0 Å². The highest BCUT2D eigenvalue weighted by atomic mass is 16.5. The minimum atomic E-state index is -0.758. The van der Waals surface area contributed by atoms with Gasteiger partial charge in [0.05, 0.1) is 12.7 Å². The molecule has 0 saturated carbocycles. The number of ether oxygens (including phenoxy) is 1. The summed E-state index contributed by atoms with van der Waals surface area (Å²) in [5, 5.41) is 19.0. The van der Waals surface area contributed by atoms with Gasteiger partial charge in [-0.1, -0.05) is 19.9 Å². The lowest BCUT2D eigenvalue weighted by Gasteiger charge is -2.20. The van der Waals surface area contributed by atoms with Crippen LogP contribution in [0.4, 0.5) is 0 Å². The van der Waals surface area contributed by atoms with E-state index in [1.807, 2.05) is 25.1 Å². The molecule has 0 aliphatic rings. The maximum atomic E-state index is 10.1. The molecular formula is C15H25NO3. The SMILES string of the molecule is Cc1cc(OCC(C)C)ccc1C(O)C(N)CCO. The minimum Gasteiger partial charge on any atom is -0.493 e. The molecule has 0 aromatic heterocycles. The largest absolute Gasteiger partial charge is 0.493 e. The molecule has 0 fully saturated rings. The Morgan fingerprint density at radius 3 is 2.53 bits per heavy atom. The van der Waals surface area contributed by atoms with E-state index in [1.54, 1.807) is 0 Å². The van der Waals surface area contributed by atoms with Gasteiger partial charge in [0.2, 0.25) is 0 Å². The van der Waals surface area contributed by atoms with Gasteiger partial charge < -0.3 is 20.7 Å². The van der Waals surface area contributed by atoms with Crippen molar-refractivity contribution < 1.29 is 14.9 Å². The summed E-state index contributed by atoms with van der Waals surface area (Å²) in [5.74, 6) is 1.28. The van der Waals surface area contributed by atoms with Gasteiger partial charge in [-0.3, -0.25) is 0 Å². The summed E-state index contributed by atoms with van der Waals surface area (Å²) in [6.45, 7) is 6.77. The van der Waals surface area contributed by atoms with Crippen LogP contribution >= 0.6 is 0 Å². The number of aliphatic hydroxyl groups excluding tert-OH is 2. The van der Waals surface area contributed by atoms with Crippen LogP contribution in [0.1, 0.15) is 37.5 Å². The smallest absolute Gasteiger partial charge is 0.119 e. The van der Waals surface area contributed by atoms with Gasteiger partial charge in [-0.05, 0) is 42.5 Å². The lowest BCUT2D eigenvalue weighted by atomic mass is 9.96. The predicted molar refractivity (Wildman–Crippen MR) is 76.2 cm³/mol. The molecular weight excluding hydrogens is 242 g/mol. The van der Waals surface area contributed by atoms with Crippen molar-refractivity contribution in [2.75, 3.05) is 13.2 Å². The maximum Gasteiger partial charge on any atom is 0.119 e. The summed E-state index contributed by atoms with van der Waals surface area (Å²) < 4.78 is 5.64. The van der Waals surface area contributed by atoms with Gasteiger partial charge in [0.15, 0.2) is 0 Å². The Labute approximate surface area is 115 Å². The van der Waals surface area contributed by atoms with Crippen LogP contribution < -0.4 is 10.5 Å². The Morgan fingerprint density at radius 1 is 1.32 bits per heavy atom. The normalized spacial score (nSPS) is 14.5. The van der Waals surface area contributed by atoms with Crippen molar-refractivity contribution in [2.45, 2.75) is 39.3 Å². The zero-order valence-electron chi connectivity index (χ0n) is 12.0. The summed E-state index contributed by atoms with van der Waals surface area (Å²) >= 11 is 0. The molecule has 1 rings (SSSR count). The van der Waals surface area contributed by atoms with Gasteiger partial charge >= 0.3 is 0 Å².